The molecule has 0 aliphatic rings. The van der Waals surface area contributed by atoms with Crippen LogP contribution in [0.15, 0.2) is 58.7 Å². The van der Waals surface area contributed by atoms with Crippen molar-refractivity contribution in [3.63, 3.8) is 0 Å². The largest absolute Gasteiger partial charge is 0.491 e. The Balaban J connectivity index is 1.49. The summed E-state index contributed by atoms with van der Waals surface area (Å²) in [6.07, 6.45) is -0.668. The van der Waals surface area contributed by atoms with Crippen molar-refractivity contribution in [2.45, 2.75) is 40.3 Å². The summed E-state index contributed by atoms with van der Waals surface area (Å²) in [5, 5.41) is 13.3. The van der Waals surface area contributed by atoms with Crippen LogP contribution in [-0.4, -0.2) is 45.8 Å². The molecule has 2 heterocycles. The molecule has 6 nitrogen and oxygen atoms in total. The lowest BCUT2D eigenvalue weighted by molar-refractivity contribution is 0.0604. The molecule has 1 unspecified atom stereocenters. The van der Waals surface area contributed by atoms with E-state index in [0.29, 0.717) is 30.2 Å². The van der Waals surface area contributed by atoms with E-state index in [2.05, 4.69) is 23.7 Å². The number of H-pyrrole nitrogens is 1. The minimum atomic E-state index is -0.668. The van der Waals surface area contributed by atoms with E-state index in [1.54, 1.807) is 0 Å². The summed E-state index contributed by atoms with van der Waals surface area (Å²) in [6.45, 7) is 10.1. The van der Waals surface area contributed by atoms with E-state index >= 15 is 0 Å². The highest BCUT2D eigenvalue weighted by Crippen LogP contribution is 2.31. The Bertz CT molecular complexity index is 1330. The highest BCUT2D eigenvalue weighted by Gasteiger charge is 2.18. The average molecular weight is 492 g/mol. The third-order valence-corrected chi connectivity index (χ3v) is 6.72. The predicted molar refractivity (Wildman–Crippen MR) is 143 cm³/mol. The molecule has 2 aromatic carbocycles. The third-order valence-electron chi connectivity index (χ3n) is 5.85. The number of aliphatic hydroxyl groups is 1. The van der Waals surface area contributed by atoms with E-state index in [-0.39, 0.29) is 12.2 Å². The second kappa shape index (κ2) is 11.2. The van der Waals surface area contributed by atoms with Gasteiger partial charge in [0, 0.05) is 24.0 Å². The number of aromatic amines is 1. The molecule has 0 bridgehead atoms. The zero-order chi connectivity index (χ0) is 24.9. The summed E-state index contributed by atoms with van der Waals surface area (Å²) in [6, 6.07) is 15.9. The van der Waals surface area contributed by atoms with Crippen LogP contribution in [0.1, 0.15) is 30.8 Å². The number of para-hydroxylation sites is 1. The molecule has 184 valence electrons. The Morgan fingerprint density at radius 2 is 1.83 bits per heavy atom. The molecule has 4 rings (SSSR count). The number of fused-ring (bicyclic) bond motifs is 1. The lowest BCUT2D eigenvalue weighted by atomic mass is 10.1. The molecule has 2 N–H and O–H groups in total. The van der Waals surface area contributed by atoms with E-state index in [1.807, 2.05) is 67.8 Å². The van der Waals surface area contributed by atoms with Crippen LogP contribution in [-0.2, 0) is 6.54 Å². The molecule has 0 saturated heterocycles. The maximum absolute atomic E-state index is 13.1. The van der Waals surface area contributed by atoms with Crippen LogP contribution >= 0.6 is 11.3 Å². The molecule has 4 aromatic rings. The summed E-state index contributed by atoms with van der Waals surface area (Å²) in [5.74, 6) is 1.78. The number of nitrogens with one attached hydrogen (secondary N) is 1. The van der Waals surface area contributed by atoms with Crippen LogP contribution in [0.25, 0.3) is 21.3 Å². The first-order valence-corrected chi connectivity index (χ1v) is 12.8. The van der Waals surface area contributed by atoms with Gasteiger partial charge >= 0.3 is 0 Å². The first kappa shape index (κ1) is 25.1. The van der Waals surface area contributed by atoms with Gasteiger partial charge in [0.05, 0.1) is 11.9 Å². The van der Waals surface area contributed by atoms with Crippen LogP contribution in [0.2, 0.25) is 0 Å². The molecule has 0 amide bonds. The highest BCUT2D eigenvalue weighted by atomic mass is 32.1. The molecule has 0 saturated carbocycles. The zero-order valence-electron chi connectivity index (χ0n) is 20.7. The van der Waals surface area contributed by atoms with E-state index in [1.165, 1.54) is 16.9 Å². The number of aliphatic hydroxyl groups excluding tert-OH is 1. The minimum Gasteiger partial charge on any atom is -0.491 e. The second-order valence-electron chi connectivity index (χ2n) is 9.53. The van der Waals surface area contributed by atoms with Gasteiger partial charge in [-0.15, -0.1) is 11.3 Å². The van der Waals surface area contributed by atoms with E-state index in [0.717, 1.165) is 33.8 Å². The molecular weight excluding hydrogens is 458 g/mol. The number of nitrogens with zero attached hydrogens (tertiary/aromatic N) is 2. The van der Waals surface area contributed by atoms with Crippen molar-refractivity contribution in [3.05, 3.63) is 81.2 Å². The first-order valence-electron chi connectivity index (χ1n) is 12.0. The summed E-state index contributed by atoms with van der Waals surface area (Å²) >= 11 is 1.48. The van der Waals surface area contributed by atoms with Crippen LogP contribution in [0, 0.1) is 19.8 Å². The van der Waals surface area contributed by atoms with Crippen LogP contribution < -0.4 is 10.3 Å². The summed E-state index contributed by atoms with van der Waals surface area (Å²) in [4.78, 5) is 23.7. The Kier molecular flexibility index (Phi) is 8.00. The summed E-state index contributed by atoms with van der Waals surface area (Å²) in [5.41, 5.74) is 4.01. The Hall–Kier alpha value is -3.00. The number of rotatable bonds is 10. The van der Waals surface area contributed by atoms with Gasteiger partial charge in [-0.25, -0.2) is 4.98 Å². The lowest BCUT2D eigenvalue weighted by Gasteiger charge is -2.26. The van der Waals surface area contributed by atoms with Gasteiger partial charge in [-0.1, -0.05) is 61.9 Å². The molecular formula is C28H33N3O3S. The van der Waals surface area contributed by atoms with Gasteiger partial charge in [-0.2, -0.15) is 0 Å². The van der Waals surface area contributed by atoms with E-state index in [9.17, 15) is 9.90 Å². The molecule has 0 fully saturated rings. The maximum atomic E-state index is 13.1. The number of ether oxygens (including phenoxy) is 1. The number of aryl methyl sites for hydroxylation is 2. The van der Waals surface area contributed by atoms with Crippen molar-refractivity contribution in [1.82, 2.24) is 14.9 Å². The number of hydrogen-bond donors (Lipinski definition) is 2. The lowest BCUT2D eigenvalue weighted by Crippen LogP contribution is -2.38. The topological polar surface area (TPSA) is 78.5 Å². The van der Waals surface area contributed by atoms with Crippen molar-refractivity contribution in [2.75, 3.05) is 19.7 Å². The van der Waals surface area contributed by atoms with Gasteiger partial charge < -0.3 is 14.8 Å². The Morgan fingerprint density at radius 1 is 1.09 bits per heavy atom. The van der Waals surface area contributed by atoms with Crippen LogP contribution in [0.4, 0.5) is 0 Å². The fraction of sp³-hybridized carbons (Fsp3) is 0.357. The highest BCUT2D eigenvalue weighted by molar-refractivity contribution is 7.17. The molecule has 0 spiro atoms. The van der Waals surface area contributed by atoms with Crippen molar-refractivity contribution in [2.24, 2.45) is 5.92 Å². The Morgan fingerprint density at radius 3 is 2.54 bits per heavy atom. The average Bonchev–Trinajstić information content (AvgIpc) is 3.23. The van der Waals surface area contributed by atoms with Crippen molar-refractivity contribution >= 4 is 21.6 Å². The van der Waals surface area contributed by atoms with Crippen molar-refractivity contribution < 1.29 is 9.84 Å². The normalized spacial score (nSPS) is 12.5. The summed E-state index contributed by atoms with van der Waals surface area (Å²) in [7, 11) is 0. The van der Waals surface area contributed by atoms with Crippen molar-refractivity contribution in [1.29, 1.82) is 0 Å². The van der Waals surface area contributed by atoms with E-state index in [4.69, 9.17) is 9.72 Å². The molecule has 7 heteroatoms. The zero-order valence-corrected chi connectivity index (χ0v) is 21.6. The molecule has 0 radical (unpaired) electrons. The van der Waals surface area contributed by atoms with Crippen LogP contribution in [0.3, 0.4) is 0 Å². The molecule has 0 aliphatic carbocycles. The molecule has 2 aromatic heterocycles. The SMILES string of the molecule is Cc1ccc(-c2csc3nc(CN(CC(C)C)CC(O)COc4ccccc4C)[nH]c(=O)c23)cc1. The predicted octanol–water partition coefficient (Wildman–Crippen LogP) is 5.17. The Labute approximate surface area is 210 Å². The minimum absolute atomic E-state index is 0.130. The van der Waals surface area contributed by atoms with Gasteiger partial charge in [-0.05, 0) is 37.0 Å². The molecule has 1 atom stereocenters. The quantitative estimate of drug-likeness (QED) is 0.320. The van der Waals surface area contributed by atoms with Gasteiger partial charge in [0.15, 0.2) is 0 Å². The monoisotopic (exact) mass is 491 g/mol. The van der Waals surface area contributed by atoms with Gasteiger partial charge in [0.2, 0.25) is 0 Å². The fourth-order valence-corrected chi connectivity index (χ4v) is 5.17. The van der Waals surface area contributed by atoms with Crippen LogP contribution in [0.5, 0.6) is 5.75 Å². The summed E-state index contributed by atoms with van der Waals surface area (Å²) < 4.78 is 5.84. The second-order valence-corrected chi connectivity index (χ2v) is 10.4. The number of hydrogen-bond acceptors (Lipinski definition) is 6. The van der Waals surface area contributed by atoms with Gasteiger partial charge in [-0.3, -0.25) is 9.69 Å². The van der Waals surface area contributed by atoms with Gasteiger partial charge in [0.25, 0.3) is 5.56 Å². The number of benzene rings is 2. The third kappa shape index (κ3) is 6.36. The smallest absolute Gasteiger partial charge is 0.260 e. The standard InChI is InChI=1S/C28H33N3O3S/c1-18(2)13-31(14-22(32)16-34-24-8-6-5-7-20(24)4)15-25-29-27(33)26-23(17-35-28(26)30-25)21-11-9-19(3)10-12-21/h5-12,17-18,22,32H,13-16H2,1-4H3,(H,29,30,33). The molecule has 0 aliphatic heterocycles. The maximum Gasteiger partial charge on any atom is 0.260 e. The van der Waals surface area contributed by atoms with Crippen molar-refractivity contribution in [3.8, 4) is 16.9 Å². The number of aromatic nitrogens is 2. The first-order chi connectivity index (χ1) is 16.8. The molecule has 35 heavy (non-hydrogen) atoms. The van der Waals surface area contributed by atoms with E-state index < -0.39 is 6.10 Å². The van der Waals surface area contributed by atoms with Gasteiger partial charge in [0.1, 0.15) is 29.1 Å². The number of thiophene rings is 1. The fourth-order valence-electron chi connectivity index (χ4n) is 4.20.